The molecule has 0 saturated carbocycles. The first-order valence-corrected chi connectivity index (χ1v) is 11.2. The fourth-order valence-electron chi connectivity index (χ4n) is 2.16. The summed E-state index contributed by atoms with van der Waals surface area (Å²) in [6, 6.07) is 8.89. The van der Waals surface area contributed by atoms with E-state index in [1.54, 1.807) is 12.1 Å². The molecule has 2 heterocycles. The zero-order valence-corrected chi connectivity index (χ0v) is 18.1. The summed E-state index contributed by atoms with van der Waals surface area (Å²) in [4.78, 5) is 13.0. The lowest BCUT2D eigenvalue weighted by Crippen LogP contribution is -2.39. The second kappa shape index (κ2) is 8.52. The van der Waals surface area contributed by atoms with E-state index < -0.39 is 22.0 Å². The Kier molecular flexibility index (Phi) is 6.28. The van der Waals surface area contributed by atoms with Crippen molar-refractivity contribution in [1.29, 1.82) is 0 Å². The number of esters is 1. The predicted molar refractivity (Wildman–Crippen MR) is 106 cm³/mol. The Bertz CT molecular complexity index is 1080. The highest BCUT2D eigenvalue weighted by atomic mass is 79.9. The normalized spacial score (nSPS) is 12.7. The number of rotatable bonds is 7. The van der Waals surface area contributed by atoms with Crippen molar-refractivity contribution in [3.05, 3.63) is 51.6 Å². The summed E-state index contributed by atoms with van der Waals surface area (Å²) in [5.41, 5.74) is 0.931. The SMILES string of the molecule is Cc1ccc(S(=O)(=O)N[C@@H](C)C(=O)OCc2nnc(-c3ccc(Br)s3)o2)cc1. The van der Waals surface area contributed by atoms with E-state index in [4.69, 9.17) is 9.15 Å². The quantitative estimate of drug-likeness (QED) is 0.510. The molecule has 3 rings (SSSR count). The van der Waals surface area contributed by atoms with Gasteiger partial charge in [-0.2, -0.15) is 4.72 Å². The molecule has 2 aromatic heterocycles. The van der Waals surface area contributed by atoms with Crippen LogP contribution >= 0.6 is 27.3 Å². The van der Waals surface area contributed by atoms with Gasteiger partial charge in [-0.25, -0.2) is 8.42 Å². The minimum atomic E-state index is -3.84. The van der Waals surface area contributed by atoms with Crippen molar-refractivity contribution in [2.24, 2.45) is 0 Å². The van der Waals surface area contributed by atoms with Crippen molar-refractivity contribution in [3.8, 4) is 10.8 Å². The number of carbonyl (C=O) groups excluding carboxylic acids is 1. The molecule has 11 heteroatoms. The Hall–Kier alpha value is -2.08. The summed E-state index contributed by atoms with van der Waals surface area (Å²) < 4.78 is 38.4. The highest BCUT2D eigenvalue weighted by Crippen LogP contribution is 2.30. The van der Waals surface area contributed by atoms with Crippen LogP contribution in [0.15, 0.2) is 49.5 Å². The van der Waals surface area contributed by atoms with Crippen molar-refractivity contribution in [1.82, 2.24) is 14.9 Å². The monoisotopic (exact) mass is 485 g/mol. The molecule has 1 N–H and O–H groups in total. The number of hydrogen-bond acceptors (Lipinski definition) is 8. The second-order valence-electron chi connectivity index (χ2n) is 5.87. The van der Waals surface area contributed by atoms with Crippen LogP contribution in [0.2, 0.25) is 0 Å². The van der Waals surface area contributed by atoms with Gasteiger partial charge in [0.1, 0.15) is 6.04 Å². The third kappa shape index (κ3) is 5.04. The van der Waals surface area contributed by atoms with Crippen LogP contribution < -0.4 is 4.72 Å². The minimum absolute atomic E-state index is 0.0707. The highest BCUT2D eigenvalue weighted by Gasteiger charge is 2.23. The minimum Gasteiger partial charge on any atom is -0.454 e. The van der Waals surface area contributed by atoms with E-state index >= 15 is 0 Å². The van der Waals surface area contributed by atoms with E-state index in [0.717, 1.165) is 14.2 Å². The standard InChI is InChI=1S/C17H16BrN3O5S2/c1-10-3-5-12(6-4-10)28(23,24)21-11(2)17(22)25-9-15-19-20-16(26-15)13-7-8-14(18)27-13/h3-8,11,21H,9H2,1-2H3/t11-/m0/s1. The first-order chi connectivity index (χ1) is 13.2. The molecule has 8 nitrogen and oxygen atoms in total. The third-order valence-electron chi connectivity index (χ3n) is 3.61. The summed E-state index contributed by atoms with van der Waals surface area (Å²) in [6.45, 7) is 3.00. The Morgan fingerprint density at radius 3 is 2.61 bits per heavy atom. The lowest BCUT2D eigenvalue weighted by atomic mass is 10.2. The molecule has 0 bridgehead atoms. The number of hydrogen-bond donors (Lipinski definition) is 1. The summed E-state index contributed by atoms with van der Waals surface area (Å²) in [6.07, 6.45) is 0. The number of ether oxygens (including phenoxy) is 1. The number of benzene rings is 1. The van der Waals surface area contributed by atoms with Crippen molar-refractivity contribution >= 4 is 43.3 Å². The van der Waals surface area contributed by atoms with Gasteiger partial charge < -0.3 is 9.15 Å². The van der Waals surface area contributed by atoms with Gasteiger partial charge in [0, 0.05) is 0 Å². The number of sulfonamides is 1. The van der Waals surface area contributed by atoms with Crippen molar-refractivity contribution in [3.63, 3.8) is 0 Å². The van der Waals surface area contributed by atoms with Gasteiger partial charge in [-0.3, -0.25) is 4.79 Å². The summed E-state index contributed by atoms with van der Waals surface area (Å²) in [5.74, 6) is -0.328. The lowest BCUT2D eigenvalue weighted by Gasteiger charge is -2.13. The van der Waals surface area contributed by atoms with Crippen LogP contribution in [0.1, 0.15) is 18.4 Å². The van der Waals surface area contributed by atoms with Crippen LogP contribution in [0.25, 0.3) is 10.8 Å². The molecule has 0 spiro atoms. The number of carbonyl (C=O) groups is 1. The van der Waals surface area contributed by atoms with Crippen LogP contribution in [-0.4, -0.2) is 30.6 Å². The van der Waals surface area contributed by atoms with Crippen LogP contribution in [0, 0.1) is 6.92 Å². The maximum absolute atomic E-state index is 12.3. The van der Waals surface area contributed by atoms with Gasteiger partial charge in [0.15, 0.2) is 6.61 Å². The summed E-state index contributed by atoms with van der Waals surface area (Å²) in [5, 5.41) is 7.72. The van der Waals surface area contributed by atoms with E-state index in [-0.39, 0.29) is 17.4 Å². The van der Waals surface area contributed by atoms with Gasteiger partial charge in [0.25, 0.3) is 11.8 Å². The number of aryl methyl sites for hydroxylation is 1. The lowest BCUT2D eigenvalue weighted by molar-refractivity contribution is -0.147. The van der Waals surface area contributed by atoms with E-state index in [2.05, 4.69) is 30.8 Å². The molecule has 28 heavy (non-hydrogen) atoms. The zero-order chi connectivity index (χ0) is 20.3. The molecule has 1 atom stereocenters. The molecule has 0 aliphatic carbocycles. The number of nitrogens with one attached hydrogen (secondary N) is 1. The van der Waals surface area contributed by atoms with Crippen molar-refractivity contribution in [2.45, 2.75) is 31.4 Å². The first-order valence-electron chi connectivity index (χ1n) is 8.08. The Morgan fingerprint density at radius 2 is 1.96 bits per heavy atom. The molecular weight excluding hydrogens is 470 g/mol. The van der Waals surface area contributed by atoms with E-state index in [1.165, 1.54) is 30.4 Å². The molecule has 0 unspecified atom stereocenters. The van der Waals surface area contributed by atoms with Gasteiger partial charge in [0.2, 0.25) is 10.0 Å². The Balaban J connectivity index is 1.57. The van der Waals surface area contributed by atoms with Crippen molar-refractivity contribution in [2.75, 3.05) is 0 Å². The predicted octanol–water partition coefficient (Wildman–Crippen LogP) is 3.28. The molecule has 0 amide bonds. The average Bonchev–Trinajstić information content (AvgIpc) is 3.28. The van der Waals surface area contributed by atoms with Gasteiger partial charge in [-0.05, 0) is 54.0 Å². The largest absolute Gasteiger partial charge is 0.454 e. The molecule has 0 radical (unpaired) electrons. The fourth-order valence-corrected chi connectivity index (χ4v) is 4.66. The van der Waals surface area contributed by atoms with E-state index in [0.29, 0.717) is 5.89 Å². The Morgan fingerprint density at radius 1 is 1.25 bits per heavy atom. The maximum atomic E-state index is 12.3. The van der Waals surface area contributed by atoms with Gasteiger partial charge in [-0.15, -0.1) is 21.5 Å². The molecule has 0 fully saturated rings. The third-order valence-corrected chi connectivity index (χ3v) is 6.77. The van der Waals surface area contributed by atoms with E-state index in [1.807, 2.05) is 19.1 Å². The topological polar surface area (TPSA) is 111 Å². The average molecular weight is 486 g/mol. The summed E-state index contributed by atoms with van der Waals surface area (Å²) in [7, 11) is -3.84. The second-order valence-corrected chi connectivity index (χ2v) is 10.0. The molecule has 0 saturated heterocycles. The molecule has 1 aromatic carbocycles. The van der Waals surface area contributed by atoms with Gasteiger partial charge in [0.05, 0.1) is 13.6 Å². The number of halogens is 1. The molecular formula is C17H16BrN3O5S2. The van der Waals surface area contributed by atoms with Crippen LogP contribution in [-0.2, 0) is 26.2 Å². The van der Waals surface area contributed by atoms with Gasteiger partial charge in [-0.1, -0.05) is 17.7 Å². The van der Waals surface area contributed by atoms with Crippen LogP contribution in [0.3, 0.4) is 0 Å². The molecule has 148 valence electrons. The van der Waals surface area contributed by atoms with E-state index in [9.17, 15) is 13.2 Å². The van der Waals surface area contributed by atoms with Crippen LogP contribution in [0.4, 0.5) is 0 Å². The maximum Gasteiger partial charge on any atom is 0.324 e. The number of thiophene rings is 1. The molecule has 0 aliphatic heterocycles. The highest BCUT2D eigenvalue weighted by molar-refractivity contribution is 9.11. The van der Waals surface area contributed by atoms with Crippen molar-refractivity contribution < 1.29 is 22.4 Å². The molecule has 3 aromatic rings. The fraction of sp³-hybridized carbons (Fsp3) is 0.235. The zero-order valence-electron chi connectivity index (χ0n) is 14.9. The number of aromatic nitrogens is 2. The Labute approximate surface area is 174 Å². The van der Waals surface area contributed by atoms with Gasteiger partial charge >= 0.3 is 5.97 Å². The van der Waals surface area contributed by atoms with Crippen LogP contribution in [0.5, 0.6) is 0 Å². The molecule has 0 aliphatic rings. The smallest absolute Gasteiger partial charge is 0.324 e. The first kappa shape index (κ1) is 20.6. The number of nitrogens with zero attached hydrogens (tertiary/aromatic N) is 2. The summed E-state index contributed by atoms with van der Waals surface area (Å²) >= 11 is 4.77.